The molecule has 0 aromatic heterocycles. The summed E-state index contributed by atoms with van der Waals surface area (Å²) in [4.78, 5) is 24.2. The van der Waals surface area contributed by atoms with Crippen molar-refractivity contribution in [2.24, 2.45) is 5.10 Å². The Morgan fingerprint density at radius 2 is 1.96 bits per heavy atom. The average Bonchev–Trinajstić information content (AvgIpc) is 2.63. The van der Waals surface area contributed by atoms with Gasteiger partial charge in [-0.05, 0) is 17.7 Å². The van der Waals surface area contributed by atoms with Gasteiger partial charge in [-0.25, -0.2) is 9.40 Å². The molecule has 26 heavy (non-hydrogen) atoms. The molecule has 5 nitrogen and oxygen atoms in total. The van der Waals surface area contributed by atoms with Crippen molar-refractivity contribution < 1.29 is 14.0 Å². The number of nitrogens with one attached hydrogen (secondary N) is 1. The summed E-state index contributed by atoms with van der Waals surface area (Å²) in [7, 11) is 1.51. The van der Waals surface area contributed by atoms with Crippen molar-refractivity contribution in [3.8, 4) is 0 Å². The highest BCUT2D eigenvalue weighted by atomic mass is 79.9. The molecule has 7 heteroatoms. The number of halogens is 2. The highest BCUT2D eigenvalue weighted by Gasteiger charge is 2.26. The fourth-order valence-electron chi connectivity index (χ4n) is 2.77. The Hall–Kier alpha value is -2.54. The van der Waals surface area contributed by atoms with Crippen LogP contribution in [-0.2, 0) is 9.59 Å². The zero-order valence-electron chi connectivity index (χ0n) is 14.1. The quantitative estimate of drug-likeness (QED) is 0.828. The SMILES string of the molecule is CN1N=C(C(=O)N[C@@H](c2ccccc2)c2ccc(Br)cc2F)CCC1=O. The van der Waals surface area contributed by atoms with E-state index < -0.39 is 17.8 Å². The van der Waals surface area contributed by atoms with Crippen LogP contribution in [-0.4, -0.2) is 29.6 Å². The summed E-state index contributed by atoms with van der Waals surface area (Å²) in [6, 6.07) is 13.2. The van der Waals surface area contributed by atoms with Crippen LogP contribution < -0.4 is 5.32 Å². The van der Waals surface area contributed by atoms with Crippen molar-refractivity contribution in [1.82, 2.24) is 10.3 Å². The van der Waals surface area contributed by atoms with Gasteiger partial charge in [0.2, 0.25) is 5.91 Å². The number of carbonyl (C=O) groups excluding carboxylic acids is 2. The van der Waals surface area contributed by atoms with E-state index in [1.165, 1.54) is 13.1 Å². The van der Waals surface area contributed by atoms with Crippen LogP contribution in [0.25, 0.3) is 0 Å². The molecule has 0 saturated carbocycles. The number of hydrogen-bond donors (Lipinski definition) is 1. The van der Waals surface area contributed by atoms with Gasteiger partial charge in [0.05, 0.1) is 6.04 Å². The van der Waals surface area contributed by atoms with Crippen LogP contribution in [0.4, 0.5) is 4.39 Å². The van der Waals surface area contributed by atoms with E-state index in [1.54, 1.807) is 12.1 Å². The Labute approximate surface area is 159 Å². The molecule has 0 aliphatic carbocycles. The molecule has 0 unspecified atom stereocenters. The molecule has 0 bridgehead atoms. The lowest BCUT2D eigenvalue weighted by atomic mass is 9.97. The van der Waals surface area contributed by atoms with Crippen molar-refractivity contribution in [2.75, 3.05) is 7.05 Å². The van der Waals surface area contributed by atoms with Crippen LogP contribution >= 0.6 is 15.9 Å². The van der Waals surface area contributed by atoms with Crippen LogP contribution in [0.1, 0.15) is 30.0 Å². The molecule has 1 aliphatic rings. The standard InChI is InChI=1S/C19H17BrFN3O2/c1-24-17(25)10-9-16(23-24)19(26)22-18(12-5-3-2-4-6-12)14-8-7-13(20)11-15(14)21/h2-8,11,18H,9-10H2,1H3,(H,22,26)/t18-/m0/s1. The lowest BCUT2D eigenvalue weighted by Crippen LogP contribution is -2.39. The Kier molecular flexibility index (Phi) is 5.46. The Bertz CT molecular complexity index is 870. The highest BCUT2D eigenvalue weighted by Crippen LogP contribution is 2.27. The van der Waals surface area contributed by atoms with Gasteiger partial charge in [-0.3, -0.25) is 9.59 Å². The van der Waals surface area contributed by atoms with E-state index in [2.05, 4.69) is 26.3 Å². The third-order valence-corrected chi connectivity index (χ3v) is 4.64. The molecule has 2 amide bonds. The third-order valence-electron chi connectivity index (χ3n) is 4.15. The molecule has 0 fully saturated rings. The van der Waals surface area contributed by atoms with Crippen LogP contribution in [0, 0.1) is 5.82 Å². The molecule has 0 radical (unpaired) electrons. The van der Waals surface area contributed by atoms with Crippen molar-refractivity contribution in [3.05, 3.63) is 69.9 Å². The first kappa shape index (κ1) is 18.3. The van der Waals surface area contributed by atoms with Crippen LogP contribution in [0.5, 0.6) is 0 Å². The van der Waals surface area contributed by atoms with E-state index >= 15 is 0 Å². The van der Waals surface area contributed by atoms with E-state index in [-0.39, 0.29) is 24.5 Å². The summed E-state index contributed by atoms with van der Waals surface area (Å²) < 4.78 is 15.1. The Morgan fingerprint density at radius 1 is 1.23 bits per heavy atom. The van der Waals surface area contributed by atoms with Gasteiger partial charge in [0, 0.05) is 29.9 Å². The molecule has 2 aromatic rings. The number of rotatable bonds is 4. The number of hydrogen-bond acceptors (Lipinski definition) is 3. The fraction of sp³-hybridized carbons (Fsp3) is 0.211. The van der Waals surface area contributed by atoms with Crippen molar-refractivity contribution in [3.63, 3.8) is 0 Å². The van der Waals surface area contributed by atoms with Gasteiger partial charge in [-0.1, -0.05) is 52.3 Å². The van der Waals surface area contributed by atoms with Gasteiger partial charge in [0.25, 0.3) is 5.91 Å². The summed E-state index contributed by atoms with van der Waals surface area (Å²) in [5.74, 6) is -0.980. The molecule has 1 N–H and O–H groups in total. The molecule has 2 aromatic carbocycles. The van der Waals surface area contributed by atoms with Gasteiger partial charge in [0.1, 0.15) is 11.5 Å². The Balaban J connectivity index is 1.93. The largest absolute Gasteiger partial charge is 0.340 e. The van der Waals surface area contributed by atoms with Crippen LogP contribution in [0.15, 0.2) is 58.1 Å². The maximum Gasteiger partial charge on any atom is 0.268 e. The molecular weight excluding hydrogens is 401 g/mol. The van der Waals surface area contributed by atoms with Crippen LogP contribution in [0.2, 0.25) is 0 Å². The van der Waals surface area contributed by atoms with E-state index in [0.717, 1.165) is 10.6 Å². The summed E-state index contributed by atoms with van der Waals surface area (Å²) in [6.07, 6.45) is 0.491. The third kappa shape index (κ3) is 3.99. The van der Waals surface area contributed by atoms with E-state index in [4.69, 9.17) is 0 Å². The second kappa shape index (κ2) is 7.78. The fourth-order valence-corrected chi connectivity index (χ4v) is 3.10. The van der Waals surface area contributed by atoms with E-state index in [9.17, 15) is 14.0 Å². The zero-order chi connectivity index (χ0) is 18.7. The number of carbonyl (C=O) groups is 2. The topological polar surface area (TPSA) is 61.8 Å². The summed E-state index contributed by atoms with van der Waals surface area (Å²) in [6.45, 7) is 0. The molecule has 0 spiro atoms. The first-order valence-corrected chi connectivity index (χ1v) is 8.90. The highest BCUT2D eigenvalue weighted by molar-refractivity contribution is 9.10. The number of hydrazone groups is 1. The first-order chi connectivity index (χ1) is 12.5. The maximum absolute atomic E-state index is 14.5. The predicted octanol–water partition coefficient (Wildman–Crippen LogP) is 3.40. The molecule has 0 saturated heterocycles. The Morgan fingerprint density at radius 3 is 2.62 bits per heavy atom. The van der Waals surface area contributed by atoms with Gasteiger partial charge in [0.15, 0.2) is 0 Å². The summed E-state index contributed by atoms with van der Waals surface area (Å²) >= 11 is 3.24. The normalized spacial score (nSPS) is 15.4. The first-order valence-electron chi connectivity index (χ1n) is 8.10. The van der Waals surface area contributed by atoms with Gasteiger partial charge < -0.3 is 5.32 Å². The van der Waals surface area contributed by atoms with Gasteiger partial charge in [-0.2, -0.15) is 5.10 Å². The molecule has 1 heterocycles. The summed E-state index contributed by atoms with van der Waals surface area (Å²) in [5.41, 5.74) is 1.36. The number of amides is 2. The molecular formula is C19H17BrFN3O2. The maximum atomic E-state index is 14.5. The zero-order valence-corrected chi connectivity index (χ0v) is 15.7. The minimum Gasteiger partial charge on any atom is -0.340 e. The van der Waals surface area contributed by atoms with Crippen molar-refractivity contribution >= 4 is 33.5 Å². The van der Waals surface area contributed by atoms with E-state index in [1.807, 2.05) is 30.3 Å². The second-order valence-corrected chi connectivity index (χ2v) is 6.86. The lowest BCUT2D eigenvalue weighted by molar-refractivity contribution is -0.130. The molecule has 1 atom stereocenters. The number of benzene rings is 2. The minimum atomic E-state index is -0.664. The van der Waals surface area contributed by atoms with Crippen molar-refractivity contribution in [2.45, 2.75) is 18.9 Å². The number of nitrogens with zero attached hydrogens (tertiary/aromatic N) is 2. The molecule has 134 valence electrons. The predicted molar refractivity (Wildman–Crippen MR) is 100.0 cm³/mol. The average molecular weight is 418 g/mol. The molecule has 3 rings (SSSR count). The monoisotopic (exact) mass is 417 g/mol. The van der Waals surface area contributed by atoms with E-state index in [0.29, 0.717) is 10.0 Å². The minimum absolute atomic E-state index is 0.139. The lowest BCUT2D eigenvalue weighted by Gasteiger charge is -2.23. The summed E-state index contributed by atoms with van der Waals surface area (Å²) in [5, 5.41) is 8.04. The molecule has 1 aliphatic heterocycles. The second-order valence-electron chi connectivity index (χ2n) is 5.95. The smallest absolute Gasteiger partial charge is 0.268 e. The van der Waals surface area contributed by atoms with Gasteiger partial charge in [-0.15, -0.1) is 0 Å². The van der Waals surface area contributed by atoms with Gasteiger partial charge >= 0.3 is 0 Å². The van der Waals surface area contributed by atoms with Crippen molar-refractivity contribution in [1.29, 1.82) is 0 Å². The van der Waals surface area contributed by atoms with Crippen LogP contribution in [0.3, 0.4) is 0 Å².